The molecule has 0 radical (unpaired) electrons. The molecule has 0 saturated carbocycles. The van der Waals surface area contributed by atoms with Crippen molar-refractivity contribution < 1.29 is 4.39 Å². The van der Waals surface area contributed by atoms with Gasteiger partial charge in [0, 0.05) is 29.1 Å². The van der Waals surface area contributed by atoms with Gasteiger partial charge in [0.15, 0.2) is 0 Å². The van der Waals surface area contributed by atoms with Crippen LogP contribution in [-0.2, 0) is 6.54 Å². The second-order valence-electron chi connectivity index (χ2n) is 7.88. The number of aryl methyl sites for hydroxylation is 1. The summed E-state index contributed by atoms with van der Waals surface area (Å²) in [5, 5.41) is 8.21. The summed E-state index contributed by atoms with van der Waals surface area (Å²) in [5.74, 6) is -0.237. The average molecular weight is 389 g/mol. The molecule has 0 spiro atoms. The minimum Gasteiger partial charge on any atom is -0.330 e. The fourth-order valence-electron chi connectivity index (χ4n) is 4.40. The Kier molecular flexibility index (Phi) is 4.64. The molecule has 3 heterocycles. The lowest BCUT2D eigenvalue weighted by molar-refractivity contribution is 0.286. The quantitative estimate of drug-likeness (QED) is 0.537. The molecule has 0 aliphatic carbocycles. The van der Waals surface area contributed by atoms with Gasteiger partial charge in [0.25, 0.3) is 0 Å². The minimum atomic E-state index is -0.237. The van der Waals surface area contributed by atoms with Crippen LogP contribution >= 0.6 is 0 Å². The third kappa shape index (κ3) is 3.44. The van der Waals surface area contributed by atoms with Gasteiger partial charge in [0.1, 0.15) is 5.82 Å². The fraction of sp³-hybridized carbons (Fsp3) is 0.304. The van der Waals surface area contributed by atoms with Crippen molar-refractivity contribution in [2.24, 2.45) is 0 Å². The maximum Gasteiger partial charge on any atom is 0.123 e. The first-order chi connectivity index (χ1) is 14.2. The molecule has 29 heavy (non-hydrogen) atoms. The zero-order chi connectivity index (χ0) is 19.8. The van der Waals surface area contributed by atoms with Crippen molar-refractivity contribution in [3.05, 3.63) is 60.8 Å². The fourth-order valence-corrected chi connectivity index (χ4v) is 4.40. The average Bonchev–Trinajstić information content (AvgIpc) is 3.45. The van der Waals surface area contributed by atoms with E-state index in [4.69, 9.17) is 4.98 Å². The predicted molar refractivity (Wildman–Crippen MR) is 113 cm³/mol. The van der Waals surface area contributed by atoms with Crippen molar-refractivity contribution in [3.8, 4) is 22.5 Å². The second kappa shape index (κ2) is 7.44. The highest BCUT2D eigenvalue weighted by Gasteiger charge is 2.22. The summed E-state index contributed by atoms with van der Waals surface area (Å²) in [4.78, 5) is 7.18. The predicted octanol–water partition coefficient (Wildman–Crippen LogP) is 4.72. The molecule has 5 rings (SSSR count). The standard InChI is InChI=1S/C23H24FN5/c1-28-11-2-3-20(28)10-12-29-15-25-22(16-4-7-19(24)8-5-16)23(29)17-6-9-21-18(13-17)14-26-27-21/h4-9,13-15,20H,2-3,10-12H2,1H3,(H,26,27). The molecule has 5 nitrogen and oxygen atoms in total. The van der Waals surface area contributed by atoms with Crippen LogP contribution < -0.4 is 0 Å². The van der Waals surface area contributed by atoms with E-state index in [1.807, 2.05) is 18.6 Å². The summed E-state index contributed by atoms with van der Waals surface area (Å²) in [6.07, 6.45) is 7.38. The number of hydrogen-bond donors (Lipinski definition) is 1. The number of nitrogens with one attached hydrogen (secondary N) is 1. The molecule has 1 aliphatic rings. The molecule has 1 N–H and O–H groups in total. The van der Waals surface area contributed by atoms with E-state index in [2.05, 4.69) is 38.8 Å². The van der Waals surface area contributed by atoms with Gasteiger partial charge in [-0.15, -0.1) is 0 Å². The van der Waals surface area contributed by atoms with Crippen LogP contribution in [0.4, 0.5) is 4.39 Å². The van der Waals surface area contributed by atoms with Gasteiger partial charge in [-0.05, 0) is 69.3 Å². The molecule has 1 unspecified atom stereocenters. The first-order valence-electron chi connectivity index (χ1n) is 10.1. The first kappa shape index (κ1) is 18.1. The van der Waals surface area contributed by atoms with Crippen LogP contribution in [-0.4, -0.2) is 44.3 Å². The number of nitrogens with zero attached hydrogens (tertiary/aromatic N) is 4. The molecule has 2 aromatic heterocycles. The molecular weight excluding hydrogens is 365 g/mol. The number of aromatic amines is 1. The van der Waals surface area contributed by atoms with Crippen molar-refractivity contribution in [2.75, 3.05) is 13.6 Å². The number of hydrogen-bond acceptors (Lipinski definition) is 3. The summed E-state index contributed by atoms with van der Waals surface area (Å²) in [6.45, 7) is 2.08. The number of fused-ring (bicyclic) bond motifs is 1. The molecule has 1 atom stereocenters. The van der Waals surface area contributed by atoms with Crippen molar-refractivity contribution in [2.45, 2.75) is 31.8 Å². The SMILES string of the molecule is CN1CCCC1CCn1cnc(-c2ccc(F)cc2)c1-c1ccc2[nH]ncc2c1. The van der Waals surface area contributed by atoms with Gasteiger partial charge in [-0.25, -0.2) is 9.37 Å². The third-order valence-corrected chi connectivity index (χ3v) is 6.04. The second-order valence-corrected chi connectivity index (χ2v) is 7.88. The highest BCUT2D eigenvalue weighted by Crippen LogP contribution is 2.33. The Morgan fingerprint density at radius 2 is 1.97 bits per heavy atom. The van der Waals surface area contributed by atoms with Gasteiger partial charge in [-0.2, -0.15) is 5.10 Å². The summed E-state index contributed by atoms with van der Waals surface area (Å²) < 4.78 is 15.7. The lowest BCUT2D eigenvalue weighted by atomic mass is 10.0. The zero-order valence-corrected chi connectivity index (χ0v) is 16.5. The van der Waals surface area contributed by atoms with Gasteiger partial charge >= 0.3 is 0 Å². The number of H-pyrrole nitrogens is 1. The van der Waals surface area contributed by atoms with Gasteiger partial charge in [0.2, 0.25) is 0 Å². The zero-order valence-electron chi connectivity index (χ0n) is 16.5. The van der Waals surface area contributed by atoms with E-state index in [1.165, 1.54) is 31.5 Å². The Hall–Kier alpha value is -2.99. The molecule has 1 fully saturated rings. The Bertz CT molecular complexity index is 1130. The molecule has 148 valence electrons. The summed E-state index contributed by atoms with van der Waals surface area (Å²) in [6, 6.07) is 13.5. The Morgan fingerprint density at radius 1 is 1.14 bits per heavy atom. The normalized spacial score (nSPS) is 17.4. The van der Waals surface area contributed by atoms with Crippen LogP contribution in [0.3, 0.4) is 0 Å². The Labute approximate surface area is 169 Å². The number of halogens is 1. The van der Waals surface area contributed by atoms with Crippen molar-refractivity contribution in [1.82, 2.24) is 24.6 Å². The third-order valence-electron chi connectivity index (χ3n) is 6.04. The van der Waals surface area contributed by atoms with Gasteiger partial charge in [-0.3, -0.25) is 5.10 Å². The van der Waals surface area contributed by atoms with Crippen LogP contribution in [0.5, 0.6) is 0 Å². The lowest BCUT2D eigenvalue weighted by Crippen LogP contribution is -2.26. The molecule has 0 amide bonds. The minimum absolute atomic E-state index is 0.237. The highest BCUT2D eigenvalue weighted by atomic mass is 19.1. The van der Waals surface area contributed by atoms with Crippen LogP contribution in [0, 0.1) is 5.82 Å². The van der Waals surface area contributed by atoms with Crippen molar-refractivity contribution in [3.63, 3.8) is 0 Å². The molecule has 1 saturated heterocycles. The van der Waals surface area contributed by atoms with E-state index in [0.717, 1.165) is 46.4 Å². The van der Waals surface area contributed by atoms with Crippen LogP contribution in [0.15, 0.2) is 55.0 Å². The lowest BCUT2D eigenvalue weighted by Gasteiger charge is -2.20. The maximum atomic E-state index is 13.5. The molecule has 0 bridgehead atoms. The largest absolute Gasteiger partial charge is 0.330 e. The van der Waals surface area contributed by atoms with E-state index < -0.39 is 0 Å². The molecular formula is C23H24FN5. The van der Waals surface area contributed by atoms with Gasteiger partial charge in [0.05, 0.1) is 29.4 Å². The number of rotatable bonds is 5. The number of aromatic nitrogens is 4. The number of likely N-dealkylation sites (tertiary alicyclic amines) is 1. The number of benzene rings is 2. The Morgan fingerprint density at radius 3 is 2.76 bits per heavy atom. The summed E-state index contributed by atoms with van der Waals surface area (Å²) in [7, 11) is 2.21. The smallest absolute Gasteiger partial charge is 0.123 e. The maximum absolute atomic E-state index is 13.5. The molecule has 4 aromatic rings. The first-order valence-corrected chi connectivity index (χ1v) is 10.1. The van der Waals surface area contributed by atoms with Crippen molar-refractivity contribution in [1.29, 1.82) is 0 Å². The molecule has 2 aromatic carbocycles. The van der Waals surface area contributed by atoms with E-state index in [1.54, 1.807) is 12.1 Å². The van der Waals surface area contributed by atoms with E-state index in [9.17, 15) is 4.39 Å². The van der Waals surface area contributed by atoms with E-state index in [-0.39, 0.29) is 5.82 Å². The van der Waals surface area contributed by atoms with Crippen LogP contribution in [0.2, 0.25) is 0 Å². The van der Waals surface area contributed by atoms with Gasteiger partial charge < -0.3 is 9.47 Å². The van der Waals surface area contributed by atoms with Crippen LogP contribution in [0.25, 0.3) is 33.4 Å². The summed E-state index contributed by atoms with van der Waals surface area (Å²) >= 11 is 0. The van der Waals surface area contributed by atoms with E-state index in [0.29, 0.717) is 6.04 Å². The summed E-state index contributed by atoms with van der Waals surface area (Å²) in [5.41, 5.74) is 4.98. The van der Waals surface area contributed by atoms with E-state index >= 15 is 0 Å². The monoisotopic (exact) mass is 389 g/mol. The highest BCUT2D eigenvalue weighted by molar-refractivity contribution is 5.87. The number of imidazole rings is 1. The van der Waals surface area contributed by atoms with Crippen LogP contribution in [0.1, 0.15) is 19.3 Å². The Balaban J connectivity index is 1.56. The molecule has 1 aliphatic heterocycles. The molecule has 6 heteroatoms. The van der Waals surface area contributed by atoms with Gasteiger partial charge in [-0.1, -0.05) is 6.07 Å². The topological polar surface area (TPSA) is 49.7 Å². The van der Waals surface area contributed by atoms with Crippen molar-refractivity contribution >= 4 is 10.9 Å².